The van der Waals surface area contributed by atoms with Gasteiger partial charge in [-0.05, 0) is 41.5 Å². The fraction of sp³-hybridized carbons (Fsp3) is 0.308. The zero-order chi connectivity index (χ0) is 18.6. The topological polar surface area (TPSA) is 6.48 Å². The predicted molar refractivity (Wildman–Crippen MR) is 114 cm³/mol. The van der Waals surface area contributed by atoms with Crippen LogP contribution in [0, 0.1) is 5.92 Å². The minimum Gasteiger partial charge on any atom is -0.366 e. The van der Waals surface area contributed by atoms with E-state index < -0.39 is 0 Å². The first-order valence-electron chi connectivity index (χ1n) is 10.5. The summed E-state index contributed by atoms with van der Waals surface area (Å²) in [6.07, 6.45) is 2.55. The van der Waals surface area contributed by atoms with Gasteiger partial charge in [-0.25, -0.2) is 0 Å². The standard InChI is InChI=1S/C26H26N2/c1-3-9-20(10-4-1)17-27(18-21-11-5-2-6-12-21)26-16-23(26)19-28-24-14-8-7-13-22(24)15-25(26)28/h1-14,23,25H,15-19H2/t23-,25-,26+/m0/s1. The molecule has 2 heteroatoms. The molecule has 140 valence electrons. The number of nitrogens with zero attached hydrogens (tertiary/aromatic N) is 2. The van der Waals surface area contributed by atoms with E-state index >= 15 is 0 Å². The van der Waals surface area contributed by atoms with Crippen molar-refractivity contribution in [1.82, 2.24) is 4.90 Å². The Morgan fingerprint density at radius 3 is 2.07 bits per heavy atom. The van der Waals surface area contributed by atoms with Gasteiger partial charge in [0.05, 0.1) is 6.04 Å². The number of benzene rings is 3. The highest BCUT2D eigenvalue weighted by Crippen LogP contribution is 2.62. The quantitative estimate of drug-likeness (QED) is 0.634. The molecule has 0 amide bonds. The molecule has 0 unspecified atom stereocenters. The molecular formula is C26H26N2. The molecule has 0 aromatic heterocycles. The summed E-state index contributed by atoms with van der Waals surface area (Å²) in [5.74, 6) is 0.804. The molecule has 3 aliphatic rings. The zero-order valence-corrected chi connectivity index (χ0v) is 16.2. The lowest BCUT2D eigenvalue weighted by atomic mass is 9.97. The van der Waals surface area contributed by atoms with Gasteiger partial charge >= 0.3 is 0 Å². The number of hydrogen-bond acceptors (Lipinski definition) is 2. The maximum absolute atomic E-state index is 2.80. The molecule has 2 aliphatic heterocycles. The van der Waals surface area contributed by atoms with Gasteiger partial charge in [-0.3, -0.25) is 4.90 Å². The van der Waals surface area contributed by atoms with Crippen LogP contribution in [0.25, 0.3) is 0 Å². The number of para-hydroxylation sites is 1. The smallest absolute Gasteiger partial charge is 0.0519 e. The van der Waals surface area contributed by atoms with Gasteiger partial charge < -0.3 is 4.90 Å². The average molecular weight is 367 g/mol. The number of anilines is 1. The van der Waals surface area contributed by atoms with Crippen LogP contribution in [-0.4, -0.2) is 23.0 Å². The van der Waals surface area contributed by atoms with Crippen molar-refractivity contribution < 1.29 is 0 Å². The van der Waals surface area contributed by atoms with E-state index in [0.717, 1.165) is 19.0 Å². The molecule has 0 N–H and O–H groups in total. The second-order valence-corrected chi connectivity index (χ2v) is 8.72. The summed E-state index contributed by atoms with van der Waals surface area (Å²) in [6.45, 7) is 3.29. The molecule has 0 radical (unpaired) electrons. The van der Waals surface area contributed by atoms with Crippen LogP contribution in [0.15, 0.2) is 84.9 Å². The van der Waals surface area contributed by atoms with Crippen LogP contribution < -0.4 is 4.90 Å². The van der Waals surface area contributed by atoms with Crippen molar-refractivity contribution in [1.29, 1.82) is 0 Å². The number of piperidine rings is 1. The molecule has 28 heavy (non-hydrogen) atoms. The van der Waals surface area contributed by atoms with Gasteiger partial charge in [-0.2, -0.15) is 0 Å². The molecular weight excluding hydrogens is 340 g/mol. The van der Waals surface area contributed by atoms with Crippen LogP contribution in [0.1, 0.15) is 23.1 Å². The first-order chi connectivity index (χ1) is 13.8. The summed E-state index contributed by atoms with van der Waals surface area (Å²) in [7, 11) is 0. The Kier molecular flexibility index (Phi) is 3.64. The second kappa shape index (κ2) is 6.22. The lowest BCUT2D eigenvalue weighted by Crippen LogP contribution is -2.48. The van der Waals surface area contributed by atoms with Gasteiger partial charge in [0.25, 0.3) is 0 Å². The van der Waals surface area contributed by atoms with Gasteiger partial charge in [0.2, 0.25) is 0 Å². The zero-order valence-electron chi connectivity index (χ0n) is 16.2. The van der Waals surface area contributed by atoms with Crippen molar-refractivity contribution in [2.75, 3.05) is 11.4 Å². The van der Waals surface area contributed by atoms with Crippen molar-refractivity contribution in [3.63, 3.8) is 0 Å². The Bertz CT molecular complexity index is 942. The van der Waals surface area contributed by atoms with Crippen LogP contribution in [-0.2, 0) is 19.5 Å². The summed E-state index contributed by atoms with van der Waals surface area (Å²) in [4.78, 5) is 5.52. The Hall–Kier alpha value is -2.58. The van der Waals surface area contributed by atoms with Crippen LogP contribution in [0.2, 0.25) is 0 Å². The van der Waals surface area contributed by atoms with E-state index in [1.807, 2.05) is 0 Å². The summed E-state index contributed by atoms with van der Waals surface area (Å²) in [6, 6.07) is 31.7. The first-order valence-corrected chi connectivity index (χ1v) is 10.5. The van der Waals surface area contributed by atoms with Gasteiger partial charge in [0.15, 0.2) is 0 Å². The van der Waals surface area contributed by atoms with E-state index in [1.54, 1.807) is 0 Å². The van der Waals surface area contributed by atoms with E-state index in [0.29, 0.717) is 11.6 Å². The molecule has 2 fully saturated rings. The third-order valence-electron chi connectivity index (χ3n) is 7.23. The average Bonchev–Trinajstić information content (AvgIpc) is 3.21. The minimum absolute atomic E-state index is 0.324. The minimum atomic E-state index is 0.324. The Labute approximate surface area is 167 Å². The fourth-order valence-corrected chi connectivity index (χ4v) is 5.88. The maximum atomic E-state index is 2.80. The normalized spacial score (nSPS) is 26.8. The molecule has 3 aromatic rings. The molecule has 2 nitrogen and oxygen atoms in total. The Morgan fingerprint density at radius 1 is 0.786 bits per heavy atom. The molecule has 1 saturated heterocycles. The van der Waals surface area contributed by atoms with E-state index in [2.05, 4.69) is 94.7 Å². The third-order valence-corrected chi connectivity index (χ3v) is 7.23. The number of fused-ring (bicyclic) bond motifs is 5. The Balaban J connectivity index is 1.35. The number of hydrogen-bond donors (Lipinski definition) is 0. The van der Waals surface area contributed by atoms with E-state index in [1.165, 1.54) is 41.8 Å². The van der Waals surface area contributed by atoms with Crippen molar-refractivity contribution >= 4 is 5.69 Å². The van der Waals surface area contributed by atoms with Gasteiger partial charge in [0, 0.05) is 30.9 Å². The highest BCUT2D eigenvalue weighted by atomic mass is 15.4. The third kappa shape index (κ3) is 2.44. The molecule has 1 aliphatic carbocycles. The summed E-state index contributed by atoms with van der Waals surface area (Å²) in [5.41, 5.74) is 6.19. The van der Waals surface area contributed by atoms with Crippen molar-refractivity contribution in [3.8, 4) is 0 Å². The van der Waals surface area contributed by atoms with Crippen LogP contribution in [0.5, 0.6) is 0 Å². The monoisotopic (exact) mass is 366 g/mol. The SMILES string of the molecule is c1ccc(CN(Cc2ccccc2)[C@]23C[C@H]2CN2c4ccccc4C[C@H]23)cc1. The molecule has 2 heterocycles. The molecule has 0 spiro atoms. The van der Waals surface area contributed by atoms with E-state index in [9.17, 15) is 0 Å². The number of rotatable bonds is 5. The molecule has 0 bridgehead atoms. The predicted octanol–water partition coefficient (Wildman–Crippen LogP) is 4.89. The highest BCUT2D eigenvalue weighted by Gasteiger charge is 2.69. The summed E-state index contributed by atoms with van der Waals surface area (Å²) >= 11 is 0. The first kappa shape index (κ1) is 16.4. The molecule has 1 saturated carbocycles. The van der Waals surface area contributed by atoms with Crippen LogP contribution >= 0.6 is 0 Å². The van der Waals surface area contributed by atoms with Crippen LogP contribution in [0.4, 0.5) is 5.69 Å². The fourth-order valence-electron chi connectivity index (χ4n) is 5.88. The lowest BCUT2D eigenvalue weighted by molar-refractivity contribution is 0.136. The highest BCUT2D eigenvalue weighted by molar-refractivity contribution is 5.64. The van der Waals surface area contributed by atoms with Gasteiger partial charge in [-0.15, -0.1) is 0 Å². The Morgan fingerprint density at radius 2 is 1.39 bits per heavy atom. The van der Waals surface area contributed by atoms with E-state index in [-0.39, 0.29) is 0 Å². The van der Waals surface area contributed by atoms with Crippen molar-refractivity contribution in [2.24, 2.45) is 5.92 Å². The molecule has 3 atom stereocenters. The van der Waals surface area contributed by atoms with Crippen molar-refractivity contribution in [2.45, 2.75) is 37.5 Å². The lowest BCUT2D eigenvalue weighted by Gasteiger charge is -2.37. The summed E-state index contributed by atoms with van der Waals surface area (Å²) in [5, 5.41) is 0. The maximum Gasteiger partial charge on any atom is 0.0519 e. The van der Waals surface area contributed by atoms with Crippen molar-refractivity contribution in [3.05, 3.63) is 102 Å². The molecule has 3 aromatic carbocycles. The summed E-state index contributed by atoms with van der Waals surface area (Å²) < 4.78 is 0. The van der Waals surface area contributed by atoms with Gasteiger partial charge in [-0.1, -0.05) is 78.9 Å². The largest absolute Gasteiger partial charge is 0.366 e. The van der Waals surface area contributed by atoms with Crippen LogP contribution in [0.3, 0.4) is 0 Å². The van der Waals surface area contributed by atoms with Gasteiger partial charge in [0.1, 0.15) is 0 Å². The molecule has 6 rings (SSSR count). The van der Waals surface area contributed by atoms with E-state index in [4.69, 9.17) is 0 Å². The second-order valence-electron chi connectivity index (χ2n) is 8.72.